The van der Waals surface area contributed by atoms with E-state index in [1.165, 1.54) is 18.2 Å². The molecule has 0 N–H and O–H groups in total. The molecule has 0 saturated carbocycles. The average Bonchev–Trinajstić information content (AvgIpc) is 2.53. The van der Waals surface area contributed by atoms with E-state index in [1.807, 2.05) is 6.92 Å². The molecule has 4 nitrogen and oxygen atoms in total. The van der Waals surface area contributed by atoms with Crippen molar-refractivity contribution in [1.82, 2.24) is 4.31 Å². The minimum Gasteiger partial charge on any atom is -0.268 e. The second kappa shape index (κ2) is 6.58. The Hall–Kier alpha value is -2.40. The topological polar surface area (TPSA) is 54.5 Å². The Balaban J connectivity index is 2.44. The van der Waals surface area contributed by atoms with Crippen LogP contribution in [0.4, 0.5) is 0 Å². The Bertz CT molecular complexity index is 765. The fourth-order valence-electron chi connectivity index (χ4n) is 1.97. The van der Waals surface area contributed by atoms with E-state index in [1.54, 1.807) is 42.5 Å². The molecular formula is C17H17NO3S. The summed E-state index contributed by atoms with van der Waals surface area (Å²) in [6, 6.07) is 14.7. The van der Waals surface area contributed by atoms with Crippen molar-refractivity contribution in [2.24, 2.45) is 0 Å². The molecule has 0 atom stereocenters. The number of benzene rings is 2. The predicted molar refractivity (Wildman–Crippen MR) is 86.0 cm³/mol. The summed E-state index contributed by atoms with van der Waals surface area (Å²) in [5.41, 5.74) is 1.27. The number of amides is 1. The van der Waals surface area contributed by atoms with Crippen molar-refractivity contribution in [1.29, 1.82) is 0 Å². The van der Waals surface area contributed by atoms with Gasteiger partial charge in [0.1, 0.15) is 0 Å². The highest BCUT2D eigenvalue weighted by atomic mass is 32.2. The van der Waals surface area contributed by atoms with Crippen LogP contribution in [0.3, 0.4) is 0 Å². The van der Waals surface area contributed by atoms with E-state index in [0.29, 0.717) is 5.56 Å². The zero-order valence-corrected chi connectivity index (χ0v) is 13.1. The Morgan fingerprint density at radius 2 is 1.68 bits per heavy atom. The fraction of sp³-hybridized carbons (Fsp3) is 0.118. The largest absolute Gasteiger partial charge is 0.268 e. The van der Waals surface area contributed by atoms with E-state index in [4.69, 9.17) is 0 Å². The SMILES string of the molecule is C=CCN(C(=O)c1ccccc1)S(=O)(=O)c1ccc(C)cc1. The minimum atomic E-state index is -3.91. The molecule has 0 fully saturated rings. The lowest BCUT2D eigenvalue weighted by Gasteiger charge is -2.21. The second-order valence-electron chi connectivity index (χ2n) is 4.81. The fourth-order valence-corrected chi connectivity index (χ4v) is 3.33. The summed E-state index contributed by atoms with van der Waals surface area (Å²) in [6.45, 7) is 5.33. The first-order valence-electron chi connectivity index (χ1n) is 6.76. The molecule has 0 aliphatic rings. The number of nitrogens with zero attached hydrogens (tertiary/aromatic N) is 1. The van der Waals surface area contributed by atoms with Crippen LogP contribution in [0.25, 0.3) is 0 Å². The summed E-state index contributed by atoms with van der Waals surface area (Å²) in [6.07, 6.45) is 1.40. The van der Waals surface area contributed by atoms with Gasteiger partial charge in [0.05, 0.1) is 11.4 Å². The maximum Gasteiger partial charge on any atom is 0.267 e. The van der Waals surface area contributed by atoms with Crippen LogP contribution in [-0.4, -0.2) is 25.2 Å². The van der Waals surface area contributed by atoms with Gasteiger partial charge < -0.3 is 0 Å². The number of carbonyl (C=O) groups excluding carboxylic acids is 1. The summed E-state index contributed by atoms with van der Waals surface area (Å²) >= 11 is 0. The predicted octanol–water partition coefficient (Wildman–Crippen LogP) is 3.01. The van der Waals surface area contributed by atoms with E-state index in [-0.39, 0.29) is 11.4 Å². The van der Waals surface area contributed by atoms with E-state index >= 15 is 0 Å². The van der Waals surface area contributed by atoms with Crippen LogP contribution >= 0.6 is 0 Å². The van der Waals surface area contributed by atoms with Crippen LogP contribution in [0, 0.1) is 6.92 Å². The lowest BCUT2D eigenvalue weighted by molar-refractivity contribution is 0.0871. The molecule has 0 spiro atoms. The normalized spacial score (nSPS) is 11.0. The van der Waals surface area contributed by atoms with E-state index in [0.717, 1.165) is 9.87 Å². The number of hydrogen-bond donors (Lipinski definition) is 0. The van der Waals surface area contributed by atoms with E-state index in [9.17, 15) is 13.2 Å². The lowest BCUT2D eigenvalue weighted by atomic mass is 10.2. The quantitative estimate of drug-likeness (QED) is 0.797. The third kappa shape index (κ3) is 3.26. The summed E-state index contributed by atoms with van der Waals surface area (Å²) in [7, 11) is -3.91. The molecular weight excluding hydrogens is 298 g/mol. The van der Waals surface area contributed by atoms with Crippen molar-refractivity contribution in [3.63, 3.8) is 0 Å². The molecule has 2 rings (SSSR count). The average molecular weight is 315 g/mol. The van der Waals surface area contributed by atoms with Gasteiger partial charge in [-0.25, -0.2) is 12.7 Å². The van der Waals surface area contributed by atoms with Gasteiger partial charge in [0.2, 0.25) is 0 Å². The summed E-state index contributed by atoms with van der Waals surface area (Å²) in [5.74, 6) is -0.568. The van der Waals surface area contributed by atoms with Crippen LogP contribution in [0.15, 0.2) is 72.1 Å². The van der Waals surface area contributed by atoms with Crippen LogP contribution in [0.2, 0.25) is 0 Å². The van der Waals surface area contributed by atoms with Crippen molar-refractivity contribution >= 4 is 15.9 Å². The maximum atomic E-state index is 12.7. The first kappa shape index (κ1) is 16.0. The highest BCUT2D eigenvalue weighted by Gasteiger charge is 2.28. The molecule has 114 valence electrons. The Morgan fingerprint density at radius 1 is 1.09 bits per heavy atom. The van der Waals surface area contributed by atoms with Gasteiger partial charge in [-0.15, -0.1) is 6.58 Å². The molecule has 0 radical (unpaired) electrons. The van der Waals surface area contributed by atoms with Gasteiger partial charge >= 0.3 is 0 Å². The molecule has 0 unspecified atom stereocenters. The van der Waals surface area contributed by atoms with Gasteiger partial charge in [-0.3, -0.25) is 4.79 Å². The molecule has 5 heteroatoms. The smallest absolute Gasteiger partial charge is 0.267 e. The number of carbonyl (C=O) groups is 1. The standard InChI is InChI=1S/C17H17NO3S/c1-3-13-18(17(19)15-7-5-4-6-8-15)22(20,21)16-11-9-14(2)10-12-16/h3-12H,1,13H2,2H3. The van der Waals surface area contributed by atoms with Crippen LogP contribution in [0.1, 0.15) is 15.9 Å². The van der Waals surface area contributed by atoms with Crippen molar-refractivity contribution in [3.8, 4) is 0 Å². The van der Waals surface area contributed by atoms with Crippen LogP contribution in [-0.2, 0) is 10.0 Å². The van der Waals surface area contributed by atoms with Crippen molar-refractivity contribution in [2.45, 2.75) is 11.8 Å². The molecule has 0 heterocycles. The van der Waals surface area contributed by atoms with Gasteiger partial charge in [0, 0.05) is 5.56 Å². The molecule has 2 aromatic rings. The molecule has 1 amide bonds. The molecule has 0 aliphatic carbocycles. The van der Waals surface area contributed by atoms with E-state index in [2.05, 4.69) is 6.58 Å². The van der Waals surface area contributed by atoms with Gasteiger partial charge in [0.25, 0.3) is 15.9 Å². The summed E-state index contributed by atoms with van der Waals surface area (Å²) < 4.78 is 26.2. The van der Waals surface area contributed by atoms with Gasteiger partial charge in [-0.1, -0.05) is 42.0 Å². The van der Waals surface area contributed by atoms with Crippen molar-refractivity contribution < 1.29 is 13.2 Å². The zero-order chi connectivity index (χ0) is 16.2. The Labute approximate surface area is 130 Å². The second-order valence-corrected chi connectivity index (χ2v) is 6.67. The van der Waals surface area contributed by atoms with Gasteiger partial charge in [-0.05, 0) is 31.2 Å². The van der Waals surface area contributed by atoms with Crippen molar-refractivity contribution in [2.75, 3.05) is 6.54 Å². The maximum absolute atomic E-state index is 12.7. The van der Waals surface area contributed by atoms with Crippen LogP contribution in [0.5, 0.6) is 0 Å². The highest BCUT2D eigenvalue weighted by Crippen LogP contribution is 2.19. The number of sulfonamides is 1. The minimum absolute atomic E-state index is 0.0794. The molecule has 0 aliphatic heterocycles. The third-order valence-corrected chi connectivity index (χ3v) is 4.91. The molecule has 0 aromatic heterocycles. The highest BCUT2D eigenvalue weighted by molar-refractivity contribution is 7.89. The molecule has 22 heavy (non-hydrogen) atoms. The molecule has 2 aromatic carbocycles. The summed E-state index contributed by atoms with van der Waals surface area (Å²) in [5, 5.41) is 0. The Kier molecular flexibility index (Phi) is 4.78. The monoisotopic (exact) mass is 315 g/mol. The third-order valence-electron chi connectivity index (χ3n) is 3.15. The number of rotatable bonds is 5. The molecule has 0 saturated heterocycles. The first-order valence-corrected chi connectivity index (χ1v) is 8.20. The summed E-state index contributed by atoms with van der Waals surface area (Å²) in [4.78, 5) is 12.6. The molecule has 0 bridgehead atoms. The lowest BCUT2D eigenvalue weighted by Crippen LogP contribution is -2.37. The first-order chi connectivity index (χ1) is 10.5. The van der Waals surface area contributed by atoms with Gasteiger partial charge in [0.15, 0.2) is 0 Å². The zero-order valence-electron chi connectivity index (χ0n) is 12.3. The number of aryl methyl sites for hydroxylation is 1. The van der Waals surface area contributed by atoms with Crippen molar-refractivity contribution in [3.05, 3.63) is 78.4 Å². The van der Waals surface area contributed by atoms with E-state index < -0.39 is 15.9 Å². The van der Waals surface area contributed by atoms with Crippen LogP contribution < -0.4 is 0 Å². The Morgan fingerprint density at radius 3 is 2.23 bits per heavy atom. The van der Waals surface area contributed by atoms with Gasteiger partial charge in [-0.2, -0.15) is 0 Å². The number of hydrogen-bond acceptors (Lipinski definition) is 3.